The average Bonchev–Trinajstić information content (AvgIpc) is 3.00. The van der Waals surface area contributed by atoms with Gasteiger partial charge in [0.25, 0.3) is 5.91 Å². The van der Waals surface area contributed by atoms with Gasteiger partial charge >= 0.3 is 6.18 Å². The van der Waals surface area contributed by atoms with E-state index in [2.05, 4.69) is 22.3 Å². The third-order valence-corrected chi connectivity index (χ3v) is 8.02. The normalized spacial score (nSPS) is 17.6. The van der Waals surface area contributed by atoms with Crippen LogP contribution in [-0.2, 0) is 11.0 Å². The monoisotopic (exact) mass is 561 g/mol. The number of alkyl halides is 3. The van der Waals surface area contributed by atoms with Crippen LogP contribution in [0.4, 0.5) is 13.2 Å². The van der Waals surface area contributed by atoms with Crippen molar-refractivity contribution >= 4 is 17.9 Å². The lowest BCUT2D eigenvalue weighted by Gasteiger charge is -2.41. The Hall–Kier alpha value is -3.91. The zero-order chi connectivity index (χ0) is 28.8. The molecule has 0 atom stereocenters. The maximum Gasteiger partial charge on any atom is 0.416 e. The van der Waals surface area contributed by atoms with Gasteiger partial charge in [-0.2, -0.15) is 13.2 Å². The van der Waals surface area contributed by atoms with Crippen LogP contribution in [0.15, 0.2) is 84.9 Å². The number of halogens is 3. The number of likely N-dealkylation sites (tertiary alicyclic amines) is 2. The average molecular weight is 562 g/mol. The number of rotatable bonds is 6. The topological polar surface area (TPSA) is 52.7 Å². The molecule has 8 heteroatoms. The third kappa shape index (κ3) is 7.44. The van der Waals surface area contributed by atoms with Gasteiger partial charge in [-0.05, 0) is 72.7 Å². The van der Waals surface area contributed by atoms with Crippen LogP contribution in [0.1, 0.15) is 47.2 Å². The van der Waals surface area contributed by atoms with Crippen molar-refractivity contribution < 1.29 is 22.8 Å². The Morgan fingerprint density at radius 1 is 0.780 bits per heavy atom. The van der Waals surface area contributed by atoms with Crippen LogP contribution >= 0.6 is 0 Å². The number of carbonyl (C=O) groups excluding carboxylic acids is 2. The van der Waals surface area contributed by atoms with Crippen molar-refractivity contribution in [3.05, 3.63) is 102 Å². The van der Waals surface area contributed by atoms with Crippen LogP contribution in [0.3, 0.4) is 0 Å². The van der Waals surface area contributed by atoms with Crippen molar-refractivity contribution in [2.24, 2.45) is 0 Å². The first kappa shape index (κ1) is 28.6. The maximum atomic E-state index is 13.1. The first-order chi connectivity index (χ1) is 19.8. The predicted molar refractivity (Wildman–Crippen MR) is 154 cm³/mol. The summed E-state index contributed by atoms with van der Waals surface area (Å²) in [5.74, 6) is -0.229. The number of nitrogens with zero attached hydrogens (tertiary/aromatic N) is 2. The van der Waals surface area contributed by atoms with Crippen molar-refractivity contribution in [1.29, 1.82) is 0 Å². The summed E-state index contributed by atoms with van der Waals surface area (Å²) in [5.41, 5.74) is 2.52. The van der Waals surface area contributed by atoms with Crippen LogP contribution in [-0.4, -0.2) is 59.9 Å². The molecule has 0 spiro atoms. The highest BCUT2D eigenvalue weighted by molar-refractivity contribution is 5.95. The highest BCUT2D eigenvalue weighted by Crippen LogP contribution is 2.30. The molecule has 2 aliphatic heterocycles. The van der Waals surface area contributed by atoms with Gasteiger partial charge in [0.2, 0.25) is 5.91 Å². The smallest absolute Gasteiger partial charge is 0.350 e. The minimum Gasteiger partial charge on any atom is -0.350 e. The fourth-order valence-corrected chi connectivity index (χ4v) is 5.70. The van der Waals surface area contributed by atoms with E-state index in [1.165, 1.54) is 24.3 Å². The highest BCUT2D eigenvalue weighted by atomic mass is 19.4. The lowest BCUT2D eigenvalue weighted by atomic mass is 9.97. The fourth-order valence-electron chi connectivity index (χ4n) is 5.70. The molecule has 3 aromatic rings. The summed E-state index contributed by atoms with van der Waals surface area (Å²) in [5, 5.41) is 2.98. The Morgan fingerprint density at radius 2 is 1.44 bits per heavy atom. The van der Waals surface area contributed by atoms with Crippen molar-refractivity contribution in [2.45, 2.75) is 43.9 Å². The van der Waals surface area contributed by atoms with Crippen molar-refractivity contribution in [3.63, 3.8) is 0 Å². The number of hydrogen-bond donors (Lipinski definition) is 1. The molecule has 0 aliphatic carbocycles. The number of piperidine rings is 2. The standard InChI is InChI=1S/C33H34F3N3O2/c34-33(35,36)28-8-4-5-24(23-28)9-14-31(40)37-29-15-19-38(20-16-29)30-17-21-39(22-18-30)32(41)27-12-10-26(11-13-27)25-6-2-1-3-7-25/h1-14,23,29-30H,15-22H2,(H,37,40)/b14-9+. The summed E-state index contributed by atoms with van der Waals surface area (Å²) in [4.78, 5) is 29.9. The zero-order valence-corrected chi connectivity index (χ0v) is 22.8. The van der Waals surface area contributed by atoms with Gasteiger partial charge in [-0.3, -0.25) is 9.59 Å². The molecule has 0 aromatic heterocycles. The Balaban J connectivity index is 1.05. The molecule has 214 valence electrons. The molecule has 0 radical (unpaired) electrons. The van der Waals surface area contributed by atoms with Gasteiger partial charge < -0.3 is 15.1 Å². The first-order valence-corrected chi connectivity index (χ1v) is 14.1. The van der Waals surface area contributed by atoms with Gasteiger partial charge in [0.15, 0.2) is 0 Å². The SMILES string of the molecule is O=C(/C=C/c1cccc(C(F)(F)F)c1)NC1CCN(C2CCN(C(=O)c3ccc(-c4ccccc4)cc3)CC2)CC1. The lowest BCUT2D eigenvalue weighted by molar-refractivity contribution is -0.137. The molecule has 2 aliphatic rings. The third-order valence-electron chi connectivity index (χ3n) is 8.02. The van der Waals surface area contributed by atoms with E-state index in [1.807, 2.05) is 47.4 Å². The number of nitrogens with one attached hydrogen (secondary N) is 1. The van der Waals surface area contributed by atoms with E-state index in [-0.39, 0.29) is 17.9 Å². The molecule has 0 bridgehead atoms. The van der Waals surface area contributed by atoms with E-state index in [0.717, 1.165) is 75.1 Å². The molecule has 3 aromatic carbocycles. The van der Waals surface area contributed by atoms with Crippen molar-refractivity contribution in [3.8, 4) is 11.1 Å². The Morgan fingerprint density at radius 3 is 2.10 bits per heavy atom. The van der Waals surface area contributed by atoms with Crippen LogP contribution in [0.5, 0.6) is 0 Å². The molecule has 5 nitrogen and oxygen atoms in total. The van der Waals surface area contributed by atoms with Crippen LogP contribution in [0.25, 0.3) is 17.2 Å². The molecule has 1 N–H and O–H groups in total. The molecule has 2 amide bonds. The Bertz CT molecular complexity index is 1360. The van der Waals surface area contributed by atoms with Gasteiger partial charge in [0.1, 0.15) is 0 Å². The lowest BCUT2D eigenvalue weighted by Crippen LogP contribution is -2.51. The first-order valence-electron chi connectivity index (χ1n) is 14.1. The van der Waals surface area contributed by atoms with Crippen molar-refractivity contribution in [1.82, 2.24) is 15.1 Å². The zero-order valence-electron chi connectivity index (χ0n) is 22.8. The van der Waals surface area contributed by atoms with Crippen molar-refractivity contribution in [2.75, 3.05) is 26.2 Å². The van der Waals surface area contributed by atoms with E-state index in [9.17, 15) is 22.8 Å². The summed E-state index contributed by atoms with van der Waals surface area (Å²) >= 11 is 0. The van der Waals surface area contributed by atoms with Gasteiger partial charge in [-0.1, -0.05) is 54.6 Å². The van der Waals surface area contributed by atoms with Gasteiger partial charge in [0, 0.05) is 49.9 Å². The number of carbonyl (C=O) groups is 2. The van der Waals surface area contributed by atoms with E-state index < -0.39 is 11.7 Å². The molecule has 2 heterocycles. The Labute approximate surface area is 238 Å². The van der Waals surface area contributed by atoms with E-state index in [4.69, 9.17) is 0 Å². The molecular formula is C33H34F3N3O2. The minimum absolute atomic E-state index is 0.0328. The quantitative estimate of drug-likeness (QED) is 0.361. The molecule has 0 saturated carbocycles. The Kier molecular flexibility index (Phi) is 8.88. The largest absolute Gasteiger partial charge is 0.416 e. The molecule has 0 unspecified atom stereocenters. The van der Waals surface area contributed by atoms with Gasteiger partial charge in [-0.25, -0.2) is 0 Å². The second kappa shape index (κ2) is 12.7. The number of hydrogen-bond acceptors (Lipinski definition) is 3. The minimum atomic E-state index is -4.42. The summed E-state index contributed by atoms with van der Waals surface area (Å²) in [6.07, 6.45) is 1.76. The molecular weight excluding hydrogens is 527 g/mol. The second-order valence-electron chi connectivity index (χ2n) is 10.7. The van der Waals surface area contributed by atoms with Crippen LogP contribution < -0.4 is 5.32 Å². The summed E-state index contributed by atoms with van der Waals surface area (Å²) in [6.45, 7) is 3.17. The molecule has 41 heavy (non-hydrogen) atoms. The van der Waals surface area contributed by atoms with Gasteiger partial charge in [-0.15, -0.1) is 0 Å². The number of amides is 2. The molecule has 2 saturated heterocycles. The maximum absolute atomic E-state index is 13.1. The summed E-state index contributed by atoms with van der Waals surface area (Å²) < 4.78 is 38.7. The van der Waals surface area contributed by atoms with E-state index in [1.54, 1.807) is 0 Å². The highest BCUT2D eigenvalue weighted by Gasteiger charge is 2.31. The molecule has 5 rings (SSSR count). The van der Waals surface area contributed by atoms with Gasteiger partial charge in [0.05, 0.1) is 5.56 Å². The predicted octanol–water partition coefficient (Wildman–Crippen LogP) is 6.27. The molecule has 2 fully saturated rings. The summed E-state index contributed by atoms with van der Waals surface area (Å²) in [7, 11) is 0. The van der Waals surface area contributed by atoms with Crippen LogP contribution in [0.2, 0.25) is 0 Å². The number of benzene rings is 3. The van der Waals surface area contributed by atoms with E-state index in [0.29, 0.717) is 17.2 Å². The fraction of sp³-hybridized carbons (Fsp3) is 0.333. The van der Waals surface area contributed by atoms with Crippen LogP contribution in [0, 0.1) is 0 Å². The second-order valence-corrected chi connectivity index (χ2v) is 10.7. The summed E-state index contributed by atoms with van der Waals surface area (Å²) in [6, 6.07) is 23.3. The van der Waals surface area contributed by atoms with E-state index >= 15 is 0 Å².